The largest absolute Gasteiger partial charge is 0.384 e. The monoisotopic (exact) mass is 194 g/mol. The van der Waals surface area contributed by atoms with Gasteiger partial charge in [0, 0.05) is 18.8 Å². The molecule has 78 valence electrons. The third-order valence-electron chi connectivity index (χ3n) is 2.74. The lowest BCUT2D eigenvalue weighted by Crippen LogP contribution is -2.41. The van der Waals surface area contributed by atoms with Crippen molar-refractivity contribution in [2.24, 2.45) is 0 Å². The summed E-state index contributed by atoms with van der Waals surface area (Å²) in [6.45, 7) is 6.45. The Morgan fingerprint density at radius 1 is 1.50 bits per heavy atom. The molecule has 1 heterocycles. The summed E-state index contributed by atoms with van der Waals surface area (Å²) in [5, 5.41) is 0. The van der Waals surface area contributed by atoms with Crippen molar-refractivity contribution in [1.29, 1.82) is 0 Å². The minimum absolute atomic E-state index is 0.0494. The Morgan fingerprint density at radius 2 is 2.14 bits per heavy atom. The van der Waals surface area contributed by atoms with Crippen LogP contribution in [-0.4, -0.2) is 22.6 Å². The summed E-state index contributed by atoms with van der Waals surface area (Å²) in [7, 11) is 1.98. The molecule has 4 nitrogen and oxygen atoms in total. The van der Waals surface area contributed by atoms with Crippen LogP contribution in [0.15, 0.2) is 12.3 Å². The van der Waals surface area contributed by atoms with E-state index in [-0.39, 0.29) is 5.54 Å². The van der Waals surface area contributed by atoms with E-state index in [9.17, 15) is 0 Å². The van der Waals surface area contributed by atoms with E-state index in [0.717, 1.165) is 6.42 Å². The zero-order valence-corrected chi connectivity index (χ0v) is 9.28. The fraction of sp³-hybridized carbons (Fsp3) is 0.600. The summed E-state index contributed by atoms with van der Waals surface area (Å²) >= 11 is 0. The minimum atomic E-state index is 0.0494. The van der Waals surface area contributed by atoms with Crippen molar-refractivity contribution >= 4 is 11.8 Å². The predicted octanol–water partition coefficient (Wildman–Crippen LogP) is 1.68. The van der Waals surface area contributed by atoms with E-state index >= 15 is 0 Å². The second-order valence-electron chi connectivity index (χ2n) is 4.01. The fourth-order valence-electron chi connectivity index (χ4n) is 1.03. The van der Waals surface area contributed by atoms with Crippen LogP contribution in [0.25, 0.3) is 0 Å². The Kier molecular flexibility index (Phi) is 2.93. The van der Waals surface area contributed by atoms with Gasteiger partial charge in [0.05, 0.1) is 0 Å². The van der Waals surface area contributed by atoms with Gasteiger partial charge in [0.2, 0.25) is 5.95 Å². The van der Waals surface area contributed by atoms with Crippen LogP contribution in [0.1, 0.15) is 27.2 Å². The highest BCUT2D eigenvalue weighted by molar-refractivity contribution is 5.39. The molecule has 0 aliphatic rings. The van der Waals surface area contributed by atoms with Gasteiger partial charge in [-0.2, -0.15) is 4.98 Å². The molecule has 0 saturated carbocycles. The van der Waals surface area contributed by atoms with Gasteiger partial charge in [-0.3, -0.25) is 0 Å². The molecule has 1 aromatic heterocycles. The molecule has 0 amide bonds. The minimum Gasteiger partial charge on any atom is -0.384 e. The van der Waals surface area contributed by atoms with E-state index in [1.807, 2.05) is 11.9 Å². The molecule has 2 N–H and O–H groups in total. The number of nitrogens with zero attached hydrogens (tertiary/aromatic N) is 3. The van der Waals surface area contributed by atoms with Gasteiger partial charge in [0.15, 0.2) is 0 Å². The van der Waals surface area contributed by atoms with E-state index in [0.29, 0.717) is 11.8 Å². The number of rotatable bonds is 3. The van der Waals surface area contributed by atoms with Gasteiger partial charge in [0.1, 0.15) is 5.82 Å². The smallest absolute Gasteiger partial charge is 0.227 e. The first-order valence-electron chi connectivity index (χ1n) is 4.79. The third kappa shape index (κ3) is 2.13. The van der Waals surface area contributed by atoms with Crippen LogP contribution >= 0.6 is 0 Å². The van der Waals surface area contributed by atoms with Gasteiger partial charge in [0.25, 0.3) is 0 Å². The first-order chi connectivity index (χ1) is 6.47. The summed E-state index contributed by atoms with van der Waals surface area (Å²) in [4.78, 5) is 10.4. The standard InChI is InChI=1S/C10H18N4/c1-5-10(2,3)14(4)9-12-7-6-8(11)13-9/h6-7H,5H2,1-4H3,(H2,11,12,13). The van der Waals surface area contributed by atoms with Crippen molar-refractivity contribution in [3.63, 3.8) is 0 Å². The summed E-state index contributed by atoms with van der Waals surface area (Å²) in [6, 6.07) is 1.69. The highest BCUT2D eigenvalue weighted by Crippen LogP contribution is 2.21. The van der Waals surface area contributed by atoms with Gasteiger partial charge < -0.3 is 10.6 Å². The molecule has 0 fully saturated rings. The molecule has 14 heavy (non-hydrogen) atoms. The molecule has 0 bridgehead atoms. The van der Waals surface area contributed by atoms with E-state index in [1.54, 1.807) is 12.3 Å². The molecule has 0 unspecified atom stereocenters. The molecule has 4 heteroatoms. The average molecular weight is 194 g/mol. The number of hydrogen-bond acceptors (Lipinski definition) is 4. The van der Waals surface area contributed by atoms with Crippen molar-refractivity contribution in [2.75, 3.05) is 17.7 Å². The Labute approximate surface area is 85.2 Å². The maximum Gasteiger partial charge on any atom is 0.227 e. The molecular weight excluding hydrogens is 176 g/mol. The molecule has 0 aliphatic carbocycles. The molecule has 0 radical (unpaired) electrons. The molecule has 1 rings (SSSR count). The maximum absolute atomic E-state index is 5.60. The SMILES string of the molecule is CCC(C)(C)N(C)c1nccc(N)n1. The molecule has 0 aliphatic heterocycles. The molecular formula is C10H18N4. The molecule has 1 aromatic rings. The van der Waals surface area contributed by atoms with E-state index in [4.69, 9.17) is 5.73 Å². The van der Waals surface area contributed by atoms with E-state index < -0.39 is 0 Å². The topological polar surface area (TPSA) is 55.0 Å². The Hall–Kier alpha value is -1.32. The number of anilines is 2. The zero-order valence-electron chi connectivity index (χ0n) is 9.28. The van der Waals surface area contributed by atoms with E-state index in [1.165, 1.54) is 0 Å². The molecule has 0 aromatic carbocycles. The Bertz CT molecular complexity index is 309. The molecule has 0 saturated heterocycles. The van der Waals surface area contributed by atoms with Crippen LogP contribution in [-0.2, 0) is 0 Å². The van der Waals surface area contributed by atoms with Crippen LogP contribution in [0.4, 0.5) is 11.8 Å². The van der Waals surface area contributed by atoms with Crippen LogP contribution in [0.5, 0.6) is 0 Å². The van der Waals surface area contributed by atoms with Crippen molar-refractivity contribution in [1.82, 2.24) is 9.97 Å². The van der Waals surface area contributed by atoms with Crippen LogP contribution in [0.3, 0.4) is 0 Å². The first-order valence-corrected chi connectivity index (χ1v) is 4.79. The summed E-state index contributed by atoms with van der Waals surface area (Å²) in [6.07, 6.45) is 2.71. The summed E-state index contributed by atoms with van der Waals surface area (Å²) < 4.78 is 0. The second kappa shape index (κ2) is 3.82. The quantitative estimate of drug-likeness (QED) is 0.795. The number of hydrogen-bond donors (Lipinski definition) is 1. The molecule has 0 spiro atoms. The van der Waals surface area contributed by atoms with Gasteiger partial charge in [-0.1, -0.05) is 6.92 Å². The average Bonchev–Trinajstić information content (AvgIpc) is 2.16. The zero-order chi connectivity index (χ0) is 10.8. The first kappa shape index (κ1) is 10.8. The maximum atomic E-state index is 5.60. The van der Waals surface area contributed by atoms with Crippen molar-refractivity contribution in [3.8, 4) is 0 Å². The Balaban J connectivity index is 2.94. The summed E-state index contributed by atoms with van der Waals surface area (Å²) in [5.41, 5.74) is 5.65. The number of nitrogen functional groups attached to an aromatic ring is 1. The number of aromatic nitrogens is 2. The molecule has 0 atom stereocenters. The van der Waals surface area contributed by atoms with Crippen LogP contribution < -0.4 is 10.6 Å². The van der Waals surface area contributed by atoms with Gasteiger partial charge in [-0.25, -0.2) is 4.98 Å². The lowest BCUT2D eigenvalue weighted by Gasteiger charge is -2.34. The van der Waals surface area contributed by atoms with Crippen LogP contribution in [0, 0.1) is 0 Å². The van der Waals surface area contributed by atoms with Gasteiger partial charge in [-0.05, 0) is 26.3 Å². The lowest BCUT2D eigenvalue weighted by atomic mass is 10.0. The normalized spacial score (nSPS) is 11.4. The van der Waals surface area contributed by atoms with Crippen molar-refractivity contribution in [3.05, 3.63) is 12.3 Å². The number of nitrogens with two attached hydrogens (primary N) is 1. The lowest BCUT2D eigenvalue weighted by molar-refractivity contribution is 0.463. The highest BCUT2D eigenvalue weighted by atomic mass is 15.3. The fourth-order valence-corrected chi connectivity index (χ4v) is 1.03. The summed E-state index contributed by atoms with van der Waals surface area (Å²) in [5.74, 6) is 1.19. The van der Waals surface area contributed by atoms with Gasteiger partial charge >= 0.3 is 0 Å². The van der Waals surface area contributed by atoms with Crippen LogP contribution in [0.2, 0.25) is 0 Å². The van der Waals surface area contributed by atoms with Crippen molar-refractivity contribution in [2.45, 2.75) is 32.7 Å². The predicted molar refractivity (Wildman–Crippen MR) is 59.2 cm³/mol. The second-order valence-corrected chi connectivity index (χ2v) is 4.01. The van der Waals surface area contributed by atoms with Crippen molar-refractivity contribution < 1.29 is 0 Å². The Morgan fingerprint density at radius 3 is 2.64 bits per heavy atom. The third-order valence-corrected chi connectivity index (χ3v) is 2.74. The van der Waals surface area contributed by atoms with Gasteiger partial charge in [-0.15, -0.1) is 0 Å². The van der Waals surface area contributed by atoms with E-state index in [2.05, 4.69) is 30.7 Å². The highest BCUT2D eigenvalue weighted by Gasteiger charge is 2.23.